The van der Waals surface area contributed by atoms with Crippen molar-refractivity contribution in [3.8, 4) is 6.07 Å². The molecule has 0 spiro atoms. The lowest BCUT2D eigenvalue weighted by Gasteiger charge is -2.13. The number of carbonyl (C=O) groups is 2. The molecule has 0 saturated carbocycles. The number of esters is 2. The van der Waals surface area contributed by atoms with Crippen LogP contribution in [0.2, 0.25) is 5.02 Å². The van der Waals surface area contributed by atoms with Crippen molar-refractivity contribution >= 4 is 51.8 Å². The highest BCUT2D eigenvalue weighted by Gasteiger charge is 2.20. The summed E-state index contributed by atoms with van der Waals surface area (Å²) in [5.74, 6) is -2.65. The average molecular weight is 439 g/mol. The quantitative estimate of drug-likeness (QED) is 0.336. The van der Waals surface area contributed by atoms with E-state index in [-0.39, 0.29) is 16.4 Å². The number of ether oxygens (including phenoxy) is 2. The zero-order valence-corrected chi connectivity index (χ0v) is 14.3. The number of nitrogens with zero attached hydrogens (tertiary/aromatic N) is 1. The Bertz CT molecular complexity index is 700. The minimum Gasteiger partial charge on any atom is -0.466 e. The van der Waals surface area contributed by atoms with Crippen LogP contribution in [0, 0.1) is 20.7 Å². The molecule has 0 saturated heterocycles. The van der Waals surface area contributed by atoms with Crippen molar-refractivity contribution in [2.24, 2.45) is 0 Å². The molecule has 0 atom stereocenters. The van der Waals surface area contributed by atoms with Gasteiger partial charge in [0.25, 0.3) is 0 Å². The van der Waals surface area contributed by atoms with Crippen molar-refractivity contribution < 1.29 is 23.5 Å². The number of nitrogens with one attached hydrogen (secondary N) is 1. The van der Waals surface area contributed by atoms with Crippen LogP contribution in [-0.2, 0) is 19.1 Å². The lowest BCUT2D eigenvalue weighted by atomic mass is 10.1. The molecule has 0 aliphatic carbocycles. The van der Waals surface area contributed by atoms with Crippen LogP contribution < -0.4 is 5.32 Å². The zero-order valence-electron chi connectivity index (χ0n) is 11.4. The number of hydrogen-bond donors (Lipinski definition) is 1. The monoisotopic (exact) mass is 438 g/mol. The molecule has 0 unspecified atom stereocenters. The second kappa shape index (κ2) is 7.95. The van der Waals surface area contributed by atoms with Gasteiger partial charge in [0.15, 0.2) is 5.82 Å². The van der Waals surface area contributed by atoms with Gasteiger partial charge in [-0.05, 0) is 28.7 Å². The molecular weight excluding hydrogens is 430 g/mol. The maximum absolute atomic E-state index is 13.9. The third-order valence-electron chi connectivity index (χ3n) is 2.41. The molecule has 1 aromatic rings. The Labute approximate surface area is 144 Å². The number of methoxy groups -OCH3 is 2. The van der Waals surface area contributed by atoms with Crippen LogP contribution in [0.5, 0.6) is 0 Å². The molecular formula is C13H9ClFIN2O4. The summed E-state index contributed by atoms with van der Waals surface area (Å²) in [6.45, 7) is 0. The first-order valence-electron chi connectivity index (χ1n) is 5.58. The molecule has 0 bridgehead atoms. The van der Waals surface area contributed by atoms with Gasteiger partial charge in [-0.3, -0.25) is 0 Å². The Morgan fingerprint density at radius 3 is 2.59 bits per heavy atom. The molecule has 0 amide bonds. The number of nitriles is 1. The van der Waals surface area contributed by atoms with Gasteiger partial charge < -0.3 is 14.8 Å². The first kappa shape index (κ1) is 18.2. The second-order valence-electron chi connectivity index (χ2n) is 3.71. The third kappa shape index (κ3) is 4.08. The predicted octanol–water partition coefficient (Wildman–Crippen LogP) is 2.60. The Kier molecular flexibility index (Phi) is 6.58. The summed E-state index contributed by atoms with van der Waals surface area (Å²) in [5, 5.41) is 11.3. The van der Waals surface area contributed by atoms with E-state index in [1.807, 2.05) is 0 Å². The van der Waals surface area contributed by atoms with E-state index in [0.717, 1.165) is 20.3 Å². The van der Waals surface area contributed by atoms with E-state index in [1.165, 1.54) is 6.07 Å². The van der Waals surface area contributed by atoms with Crippen molar-refractivity contribution in [2.75, 3.05) is 19.5 Å². The van der Waals surface area contributed by atoms with Crippen LogP contribution in [0.4, 0.5) is 10.1 Å². The molecule has 22 heavy (non-hydrogen) atoms. The lowest BCUT2D eigenvalue weighted by Crippen LogP contribution is -2.17. The molecule has 116 valence electrons. The van der Waals surface area contributed by atoms with Crippen LogP contribution in [0.15, 0.2) is 17.8 Å². The summed E-state index contributed by atoms with van der Waals surface area (Å²) in [6.07, 6.45) is 0.829. The fourth-order valence-corrected chi connectivity index (χ4v) is 2.49. The highest BCUT2D eigenvalue weighted by atomic mass is 127. The van der Waals surface area contributed by atoms with E-state index < -0.39 is 23.3 Å². The van der Waals surface area contributed by atoms with Crippen LogP contribution in [0.25, 0.3) is 0 Å². The van der Waals surface area contributed by atoms with E-state index in [1.54, 1.807) is 28.7 Å². The maximum Gasteiger partial charge on any atom is 0.354 e. The smallest absolute Gasteiger partial charge is 0.354 e. The highest BCUT2D eigenvalue weighted by Crippen LogP contribution is 2.31. The van der Waals surface area contributed by atoms with Crippen LogP contribution >= 0.6 is 34.2 Å². The van der Waals surface area contributed by atoms with Gasteiger partial charge in [-0.25, -0.2) is 14.0 Å². The topological polar surface area (TPSA) is 88.4 Å². The van der Waals surface area contributed by atoms with Gasteiger partial charge in [0.2, 0.25) is 0 Å². The molecule has 0 fully saturated rings. The van der Waals surface area contributed by atoms with E-state index in [2.05, 4.69) is 14.8 Å². The largest absolute Gasteiger partial charge is 0.466 e. The maximum atomic E-state index is 13.9. The number of rotatable bonds is 4. The van der Waals surface area contributed by atoms with Crippen molar-refractivity contribution in [1.82, 2.24) is 0 Å². The average Bonchev–Trinajstić information content (AvgIpc) is 2.50. The first-order chi connectivity index (χ1) is 10.3. The van der Waals surface area contributed by atoms with Gasteiger partial charge in [0.05, 0.1) is 31.0 Å². The summed E-state index contributed by atoms with van der Waals surface area (Å²) in [5.41, 5.74) is -0.715. The molecule has 0 aliphatic heterocycles. The van der Waals surface area contributed by atoms with Gasteiger partial charge in [-0.2, -0.15) is 5.26 Å². The van der Waals surface area contributed by atoms with Gasteiger partial charge in [-0.1, -0.05) is 11.6 Å². The molecule has 1 N–H and O–H groups in total. The zero-order chi connectivity index (χ0) is 16.9. The van der Waals surface area contributed by atoms with Crippen LogP contribution in [0.3, 0.4) is 0 Å². The third-order valence-corrected chi connectivity index (χ3v) is 3.54. The number of halogens is 3. The van der Waals surface area contributed by atoms with Crippen LogP contribution in [0.1, 0.15) is 5.56 Å². The van der Waals surface area contributed by atoms with Gasteiger partial charge in [0, 0.05) is 3.57 Å². The first-order valence-corrected chi connectivity index (χ1v) is 7.03. The minimum atomic E-state index is -0.936. The number of hydrogen-bond acceptors (Lipinski definition) is 6. The standard InChI is InChI=1S/C13H9ClFIN2O4/c1-21-10(19)4-9(13(20)22-2)18-12-6(5-17)11(15)7(14)3-8(12)16/h3-4,18H,1-2H3/b9-4+. The van der Waals surface area contributed by atoms with Gasteiger partial charge in [-0.15, -0.1) is 0 Å². The van der Waals surface area contributed by atoms with Gasteiger partial charge in [0.1, 0.15) is 17.3 Å². The normalized spacial score (nSPS) is 10.6. The molecule has 6 nitrogen and oxygen atoms in total. The van der Waals surface area contributed by atoms with Crippen molar-refractivity contribution in [3.05, 3.63) is 37.8 Å². The molecule has 0 radical (unpaired) electrons. The van der Waals surface area contributed by atoms with Gasteiger partial charge >= 0.3 is 11.9 Å². The predicted molar refractivity (Wildman–Crippen MR) is 84.6 cm³/mol. The molecule has 1 aromatic carbocycles. The Morgan fingerprint density at radius 1 is 1.45 bits per heavy atom. The number of carbonyl (C=O) groups excluding carboxylic acids is 2. The van der Waals surface area contributed by atoms with E-state index >= 15 is 0 Å². The van der Waals surface area contributed by atoms with E-state index in [9.17, 15) is 14.0 Å². The Hall–Kier alpha value is -1.86. The molecule has 9 heteroatoms. The molecule has 0 aromatic heterocycles. The van der Waals surface area contributed by atoms with Crippen molar-refractivity contribution in [3.63, 3.8) is 0 Å². The summed E-state index contributed by atoms with van der Waals surface area (Å²) < 4.78 is 23.2. The number of benzene rings is 1. The minimum absolute atomic E-state index is 0.00875. The van der Waals surface area contributed by atoms with Crippen molar-refractivity contribution in [2.45, 2.75) is 0 Å². The highest BCUT2D eigenvalue weighted by molar-refractivity contribution is 14.1. The SMILES string of the molecule is COC(=O)/C=C(/Nc1c(I)cc(Cl)c(F)c1C#N)C(=O)OC. The summed E-state index contributed by atoms with van der Waals surface area (Å²) in [6, 6.07) is 2.92. The van der Waals surface area contributed by atoms with Crippen molar-refractivity contribution in [1.29, 1.82) is 5.26 Å². The lowest BCUT2D eigenvalue weighted by molar-refractivity contribution is -0.138. The summed E-state index contributed by atoms with van der Waals surface area (Å²) in [4.78, 5) is 22.9. The van der Waals surface area contributed by atoms with Crippen LogP contribution in [-0.4, -0.2) is 26.2 Å². The fraction of sp³-hybridized carbons (Fsp3) is 0.154. The fourth-order valence-electron chi connectivity index (χ4n) is 1.39. The van der Waals surface area contributed by atoms with E-state index in [0.29, 0.717) is 3.57 Å². The van der Waals surface area contributed by atoms with E-state index in [4.69, 9.17) is 16.9 Å². The number of anilines is 1. The molecule has 0 aliphatic rings. The summed E-state index contributed by atoms with van der Waals surface area (Å²) in [7, 11) is 2.23. The molecule has 1 rings (SSSR count). The summed E-state index contributed by atoms with van der Waals surface area (Å²) >= 11 is 7.47. The Morgan fingerprint density at radius 2 is 2.09 bits per heavy atom. The molecule has 0 heterocycles. The Balaban J connectivity index is 3.40. The second-order valence-corrected chi connectivity index (χ2v) is 5.28.